The first kappa shape index (κ1) is 19.2. The highest BCUT2D eigenvalue weighted by molar-refractivity contribution is 7.98. The topological polar surface area (TPSA) is 41.4 Å². The maximum Gasteiger partial charge on any atom is 0.274 e. The van der Waals surface area contributed by atoms with Crippen LogP contribution in [0.5, 0.6) is 0 Å². The highest BCUT2D eigenvalue weighted by Crippen LogP contribution is 2.43. The van der Waals surface area contributed by atoms with E-state index in [9.17, 15) is 9.18 Å². The number of thioether (sulfide) groups is 1. The number of amides is 1. The first-order valence-corrected chi connectivity index (χ1v) is 11.1. The van der Waals surface area contributed by atoms with Crippen molar-refractivity contribution in [1.29, 1.82) is 0 Å². The average Bonchev–Trinajstić information content (AvgIpc) is 3.11. The fourth-order valence-electron chi connectivity index (χ4n) is 4.29. The van der Waals surface area contributed by atoms with Gasteiger partial charge in [0, 0.05) is 60.7 Å². The Balaban J connectivity index is 1.37. The molecule has 30 heavy (non-hydrogen) atoms. The molecule has 0 unspecified atom stereocenters. The number of halogens is 1. The van der Waals surface area contributed by atoms with Gasteiger partial charge in [0.05, 0.1) is 5.69 Å². The molecule has 0 aliphatic carbocycles. The van der Waals surface area contributed by atoms with Gasteiger partial charge in [-0.1, -0.05) is 11.6 Å². The number of hydrogen-bond acceptors (Lipinski definition) is 4. The summed E-state index contributed by atoms with van der Waals surface area (Å²) in [6.45, 7) is 4.80. The Bertz CT molecular complexity index is 1120. The number of anilines is 1. The predicted octanol–water partition coefficient (Wildman–Crippen LogP) is 4.10. The van der Waals surface area contributed by atoms with Crippen molar-refractivity contribution in [2.24, 2.45) is 7.05 Å². The summed E-state index contributed by atoms with van der Waals surface area (Å²) in [7, 11) is 1.92. The molecule has 5 nitrogen and oxygen atoms in total. The van der Waals surface area contributed by atoms with Crippen molar-refractivity contribution in [2.45, 2.75) is 17.6 Å². The van der Waals surface area contributed by atoms with Crippen LogP contribution in [0.2, 0.25) is 0 Å². The van der Waals surface area contributed by atoms with E-state index in [1.165, 1.54) is 22.6 Å². The third-order valence-corrected chi connectivity index (χ3v) is 6.97. The van der Waals surface area contributed by atoms with Gasteiger partial charge in [-0.15, -0.1) is 11.8 Å². The number of nitrogens with zero attached hydrogens (tertiary/aromatic N) is 4. The molecule has 1 amide bonds. The lowest BCUT2D eigenvalue weighted by molar-refractivity contribution is 0.0739. The van der Waals surface area contributed by atoms with Crippen molar-refractivity contribution in [1.82, 2.24) is 14.7 Å². The zero-order valence-corrected chi connectivity index (χ0v) is 17.9. The number of benzene rings is 2. The first-order valence-electron chi connectivity index (χ1n) is 10.1. The molecule has 3 heterocycles. The minimum absolute atomic E-state index is 0.00214. The summed E-state index contributed by atoms with van der Waals surface area (Å²) in [5.41, 5.74) is 6.02. The van der Waals surface area contributed by atoms with Crippen molar-refractivity contribution in [3.8, 4) is 11.3 Å². The Morgan fingerprint density at radius 2 is 1.80 bits per heavy atom. The summed E-state index contributed by atoms with van der Waals surface area (Å²) in [6.07, 6.45) is 0. The number of hydrogen-bond donors (Lipinski definition) is 0. The molecular weight excluding hydrogens is 399 g/mol. The Morgan fingerprint density at radius 3 is 2.53 bits per heavy atom. The molecule has 0 radical (unpaired) electrons. The monoisotopic (exact) mass is 422 g/mol. The number of aromatic nitrogens is 2. The number of fused-ring (bicyclic) bond motifs is 3. The van der Waals surface area contributed by atoms with Gasteiger partial charge in [-0.3, -0.25) is 9.48 Å². The number of carbonyl (C=O) groups excluding carboxylic acids is 1. The molecule has 2 aromatic carbocycles. The molecule has 0 atom stereocenters. The lowest BCUT2D eigenvalue weighted by atomic mass is 10.0. The van der Waals surface area contributed by atoms with Gasteiger partial charge >= 0.3 is 0 Å². The van der Waals surface area contributed by atoms with Crippen molar-refractivity contribution >= 4 is 23.4 Å². The minimum Gasteiger partial charge on any atom is -0.368 e. The Hall–Kier alpha value is -2.80. The van der Waals surface area contributed by atoms with E-state index in [2.05, 4.69) is 35.1 Å². The van der Waals surface area contributed by atoms with E-state index >= 15 is 0 Å². The quantitative estimate of drug-likeness (QED) is 0.624. The van der Waals surface area contributed by atoms with E-state index in [4.69, 9.17) is 0 Å². The van der Waals surface area contributed by atoms with Gasteiger partial charge in [-0.05, 0) is 43.3 Å². The van der Waals surface area contributed by atoms with Crippen LogP contribution >= 0.6 is 11.8 Å². The van der Waals surface area contributed by atoms with Gasteiger partial charge in [0.25, 0.3) is 5.91 Å². The molecule has 5 rings (SSSR count). The highest BCUT2D eigenvalue weighted by atomic mass is 32.2. The smallest absolute Gasteiger partial charge is 0.274 e. The molecule has 1 saturated heterocycles. The fraction of sp³-hybridized carbons (Fsp3) is 0.304. The van der Waals surface area contributed by atoms with Crippen LogP contribution in [0, 0.1) is 12.7 Å². The zero-order chi connectivity index (χ0) is 20.8. The van der Waals surface area contributed by atoms with Gasteiger partial charge in [-0.25, -0.2) is 4.39 Å². The van der Waals surface area contributed by atoms with Crippen LogP contribution in [0.25, 0.3) is 11.3 Å². The van der Waals surface area contributed by atoms with Gasteiger partial charge in [0.1, 0.15) is 5.82 Å². The fourth-order valence-corrected chi connectivity index (χ4v) is 5.34. The van der Waals surface area contributed by atoms with Crippen molar-refractivity contribution in [2.75, 3.05) is 31.1 Å². The van der Waals surface area contributed by atoms with Crippen LogP contribution in [0.1, 0.15) is 21.6 Å². The highest BCUT2D eigenvalue weighted by Gasteiger charge is 2.31. The predicted molar refractivity (Wildman–Crippen MR) is 117 cm³/mol. The van der Waals surface area contributed by atoms with Gasteiger partial charge < -0.3 is 9.80 Å². The van der Waals surface area contributed by atoms with E-state index < -0.39 is 0 Å². The summed E-state index contributed by atoms with van der Waals surface area (Å²) in [5.74, 6) is 0.528. The minimum atomic E-state index is -0.234. The summed E-state index contributed by atoms with van der Waals surface area (Å²) >= 11 is 1.77. The second-order valence-corrected chi connectivity index (χ2v) is 8.86. The lowest BCUT2D eigenvalue weighted by Crippen LogP contribution is -2.49. The maximum atomic E-state index is 13.3. The molecule has 0 saturated carbocycles. The van der Waals surface area contributed by atoms with Crippen LogP contribution in [-0.4, -0.2) is 46.8 Å². The van der Waals surface area contributed by atoms with E-state index in [0.717, 1.165) is 41.4 Å². The zero-order valence-electron chi connectivity index (χ0n) is 17.1. The molecule has 2 aliphatic rings. The molecular formula is C23H23FN4OS. The molecule has 7 heteroatoms. The average molecular weight is 423 g/mol. The van der Waals surface area contributed by atoms with Gasteiger partial charge in [0.2, 0.25) is 0 Å². The van der Waals surface area contributed by atoms with Crippen LogP contribution in [0.3, 0.4) is 0 Å². The van der Waals surface area contributed by atoms with Crippen LogP contribution in [0.15, 0.2) is 47.4 Å². The van der Waals surface area contributed by atoms with Crippen LogP contribution in [0.4, 0.5) is 10.1 Å². The maximum absolute atomic E-state index is 13.3. The molecule has 154 valence electrons. The van der Waals surface area contributed by atoms with Crippen LogP contribution < -0.4 is 4.90 Å². The SMILES string of the molecule is Cc1ccc2c(c1)-c1c(c(C(=O)N3CCN(c4ccc(F)cc4)CC3)nn1C)CS2. The van der Waals surface area contributed by atoms with Gasteiger partial charge in [-0.2, -0.15) is 5.10 Å². The molecule has 3 aromatic rings. The lowest BCUT2D eigenvalue weighted by Gasteiger charge is -2.36. The summed E-state index contributed by atoms with van der Waals surface area (Å²) in [5, 5.41) is 4.64. The van der Waals surface area contributed by atoms with Crippen molar-refractivity contribution < 1.29 is 9.18 Å². The van der Waals surface area contributed by atoms with Crippen molar-refractivity contribution in [3.05, 3.63) is 65.1 Å². The molecule has 0 N–H and O–H groups in total. The standard InChI is InChI=1S/C23H23FN4OS/c1-15-3-8-20-18(13-15)22-19(14-30-20)21(25-26(22)2)23(29)28-11-9-27(10-12-28)17-6-4-16(24)5-7-17/h3-8,13H,9-12,14H2,1-2H3. The number of piperazine rings is 1. The molecule has 0 bridgehead atoms. The van der Waals surface area contributed by atoms with Crippen molar-refractivity contribution in [3.63, 3.8) is 0 Å². The van der Waals surface area contributed by atoms with Gasteiger partial charge in [0.15, 0.2) is 5.69 Å². The van der Waals surface area contributed by atoms with Crippen LogP contribution in [-0.2, 0) is 12.8 Å². The van der Waals surface area contributed by atoms with E-state index in [1.54, 1.807) is 23.9 Å². The summed E-state index contributed by atoms with van der Waals surface area (Å²) < 4.78 is 15.0. The molecule has 0 spiro atoms. The molecule has 1 aromatic heterocycles. The summed E-state index contributed by atoms with van der Waals surface area (Å²) in [4.78, 5) is 18.6. The van der Waals surface area contributed by atoms with E-state index in [-0.39, 0.29) is 11.7 Å². The Kier molecular flexibility index (Phi) is 4.77. The van der Waals surface area contributed by atoms with E-state index in [1.807, 2.05) is 16.6 Å². The largest absolute Gasteiger partial charge is 0.368 e. The number of carbonyl (C=O) groups is 1. The first-order chi connectivity index (χ1) is 14.5. The Labute approximate surface area is 179 Å². The third-order valence-electron chi connectivity index (χ3n) is 5.87. The summed E-state index contributed by atoms with van der Waals surface area (Å²) in [6, 6.07) is 13.0. The van der Waals surface area contributed by atoms with E-state index in [0.29, 0.717) is 18.8 Å². The Morgan fingerprint density at radius 1 is 1.07 bits per heavy atom. The second-order valence-electron chi connectivity index (χ2n) is 7.84. The second kappa shape index (κ2) is 7.47. The molecule has 2 aliphatic heterocycles. The number of aryl methyl sites for hydroxylation is 2. The number of rotatable bonds is 2. The normalized spacial score (nSPS) is 15.7. The molecule has 1 fully saturated rings. The third kappa shape index (κ3) is 3.27.